The molecule has 0 saturated heterocycles. The Bertz CT molecular complexity index is 378. The van der Waals surface area contributed by atoms with Crippen molar-refractivity contribution >= 4 is 0 Å². The lowest BCUT2D eigenvalue weighted by molar-refractivity contribution is 0.450. The van der Waals surface area contributed by atoms with Crippen LogP contribution < -0.4 is 5.32 Å². The minimum Gasteiger partial charge on any atom is -0.466 e. The molecule has 1 fully saturated rings. The molecule has 1 aromatic rings. The average molecular weight is 235 g/mol. The van der Waals surface area contributed by atoms with Gasteiger partial charge in [-0.3, -0.25) is 0 Å². The summed E-state index contributed by atoms with van der Waals surface area (Å²) in [5.41, 5.74) is 0.380. The summed E-state index contributed by atoms with van der Waals surface area (Å²) in [5, 5.41) is 3.54. The first kappa shape index (κ1) is 12.7. The quantitative estimate of drug-likeness (QED) is 0.844. The Labute approximate surface area is 105 Å². The standard InChI is InChI=1S/C15H25NO/c1-6-11-7-8-13(17-11)14-12(15(14,4)5)9-16-10(2)3/h7-8,10,12,14,16H,6,9H2,1-5H3. The van der Waals surface area contributed by atoms with Crippen molar-refractivity contribution in [1.29, 1.82) is 0 Å². The van der Waals surface area contributed by atoms with Crippen LogP contribution in [0.25, 0.3) is 0 Å². The van der Waals surface area contributed by atoms with E-state index in [1.54, 1.807) is 0 Å². The molecule has 1 aliphatic carbocycles. The Morgan fingerprint density at radius 3 is 2.59 bits per heavy atom. The van der Waals surface area contributed by atoms with Crippen LogP contribution in [0.4, 0.5) is 0 Å². The highest BCUT2D eigenvalue weighted by molar-refractivity contribution is 5.26. The fourth-order valence-corrected chi connectivity index (χ4v) is 2.80. The van der Waals surface area contributed by atoms with E-state index in [-0.39, 0.29) is 0 Å². The summed E-state index contributed by atoms with van der Waals surface area (Å²) in [6.45, 7) is 12.3. The maximum absolute atomic E-state index is 5.90. The molecule has 0 aromatic carbocycles. The van der Waals surface area contributed by atoms with Crippen molar-refractivity contribution in [3.8, 4) is 0 Å². The average Bonchev–Trinajstić information content (AvgIpc) is 2.65. The van der Waals surface area contributed by atoms with Crippen LogP contribution in [0, 0.1) is 11.3 Å². The van der Waals surface area contributed by atoms with Crippen molar-refractivity contribution in [1.82, 2.24) is 5.32 Å². The Kier molecular flexibility index (Phi) is 3.35. The fraction of sp³-hybridized carbons (Fsp3) is 0.733. The lowest BCUT2D eigenvalue weighted by Crippen LogP contribution is -2.26. The highest BCUT2D eigenvalue weighted by Crippen LogP contribution is 2.64. The van der Waals surface area contributed by atoms with Gasteiger partial charge in [0.25, 0.3) is 0 Å². The first-order valence-electron chi connectivity index (χ1n) is 6.78. The molecular weight excluding hydrogens is 210 g/mol. The molecule has 0 radical (unpaired) electrons. The largest absolute Gasteiger partial charge is 0.466 e. The fourth-order valence-electron chi connectivity index (χ4n) is 2.80. The van der Waals surface area contributed by atoms with Crippen LogP contribution >= 0.6 is 0 Å². The molecule has 1 aliphatic rings. The van der Waals surface area contributed by atoms with Crippen molar-refractivity contribution in [2.75, 3.05) is 6.54 Å². The molecule has 2 nitrogen and oxygen atoms in total. The summed E-state index contributed by atoms with van der Waals surface area (Å²) in [7, 11) is 0. The van der Waals surface area contributed by atoms with Crippen LogP contribution in [-0.2, 0) is 6.42 Å². The molecule has 1 aromatic heterocycles. The summed E-state index contributed by atoms with van der Waals surface area (Å²) in [5.74, 6) is 3.59. The minimum atomic E-state index is 0.380. The lowest BCUT2D eigenvalue weighted by Gasteiger charge is -2.08. The molecule has 0 amide bonds. The molecule has 0 bridgehead atoms. The number of nitrogens with one attached hydrogen (secondary N) is 1. The van der Waals surface area contributed by atoms with E-state index in [1.807, 2.05) is 0 Å². The zero-order valence-electron chi connectivity index (χ0n) is 11.7. The number of hydrogen-bond acceptors (Lipinski definition) is 2. The molecular formula is C15H25NO. The third kappa shape index (κ3) is 2.42. The Morgan fingerprint density at radius 1 is 1.35 bits per heavy atom. The van der Waals surface area contributed by atoms with Crippen molar-refractivity contribution in [3.05, 3.63) is 23.7 Å². The SMILES string of the molecule is CCc1ccc(C2C(CNC(C)C)C2(C)C)o1. The van der Waals surface area contributed by atoms with Gasteiger partial charge in [-0.15, -0.1) is 0 Å². The Morgan fingerprint density at radius 2 is 2.06 bits per heavy atom. The monoisotopic (exact) mass is 235 g/mol. The highest BCUT2D eigenvalue weighted by atomic mass is 16.3. The van der Waals surface area contributed by atoms with Gasteiger partial charge in [0.05, 0.1) is 0 Å². The molecule has 17 heavy (non-hydrogen) atoms. The smallest absolute Gasteiger partial charge is 0.108 e. The maximum atomic E-state index is 5.90. The first-order chi connectivity index (χ1) is 7.96. The second kappa shape index (κ2) is 4.49. The highest BCUT2D eigenvalue weighted by Gasteiger charge is 2.59. The van der Waals surface area contributed by atoms with E-state index in [0.29, 0.717) is 23.3 Å². The zero-order valence-corrected chi connectivity index (χ0v) is 11.7. The van der Waals surface area contributed by atoms with Crippen molar-refractivity contribution < 1.29 is 4.42 Å². The molecule has 96 valence electrons. The summed E-state index contributed by atoms with van der Waals surface area (Å²) in [6.07, 6.45) is 0.988. The van der Waals surface area contributed by atoms with E-state index in [9.17, 15) is 0 Å². The normalized spacial score (nSPS) is 26.5. The second-order valence-electron chi connectivity index (χ2n) is 6.13. The molecule has 0 spiro atoms. The Hall–Kier alpha value is -0.760. The van der Waals surface area contributed by atoms with Crippen LogP contribution in [-0.4, -0.2) is 12.6 Å². The van der Waals surface area contributed by atoms with E-state index < -0.39 is 0 Å². The van der Waals surface area contributed by atoms with Gasteiger partial charge in [-0.05, 0) is 30.0 Å². The van der Waals surface area contributed by atoms with Crippen molar-refractivity contribution in [3.63, 3.8) is 0 Å². The summed E-state index contributed by atoms with van der Waals surface area (Å²) < 4.78 is 5.90. The van der Waals surface area contributed by atoms with Crippen LogP contribution in [0.2, 0.25) is 0 Å². The molecule has 1 N–H and O–H groups in total. The number of hydrogen-bond donors (Lipinski definition) is 1. The number of aryl methyl sites for hydroxylation is 1. The van der Waals surface area contributed by atoms with Gasteiger partial charge in [-0.2, -0.15) is 0 Å². The van der Waals surface area contributed by atoms with Gasteiger partial charge < -0.3 is 9.73 Å². The van der Waals surface area contributed by atoms with E-state index >= 15 is 0 Å². The maximum Gasteiger partial charge on any atom is 0.108 e. The van der Waals surface area contributed by atoms with Crippen LogP contribution in [0.3, 0.4) is 0 Å². The van der Waals surface area contributed by atoms with Gasteiger partial charge in [-0.1, -0.05) is 34.6 Å². The van der Waals surface area contributed by atoms with Crippen LogP contribution in [0.15, 0.2) is 16.5 Å². The second-order valence-corrected chi connectivity index (χ2v) is 6.13. The molecule has 0 aliphatic heterocycles. The molecule has 1 heterocycles. The van der Waals surface area contributed by atoms with Gasteiger partial charge in [0.2, 0.25) is 0 Å². The van der Waals surface area contributed by atoms with Crippen molar-refractivity contribution in [2.45, 2.75) is 53.0 Å². The van der Waals surface area contributed by atoms with Gasteiger partial charge in [0, 0.05) is 18.4 Å². The summed E-state index contributed by atoms with van der Waals surface area (Å²) >= 11 is 0. The lowest BCUT2D eigenvalue weighted by atomic mass is 10.1. The summed E-state index contributed by atoms with van der Waals surface area (Å²) in [6, 6.07) is 4.85. The summed E-state index contributed by atoms with van der Waals surface area (Å²) in [4.78, 5) is 0. The molecule has 2 unspecified atom stereocenters. The minimum absolute atomic E-state index is 0.380. The first-order valence-corrected chi connectivity index (χ1v) is 6.78. The van der Waals surface area contributed by atoms with E-state index in [2.05, 4.69) is 52.1 Å². The number of rotatable bonds is 5. The van der Waals surface area contributed by atoms with Gasteiger partial charge in [0.1, 0.15) is 11.5 Å². The van der Waals surface area contributed by atoms with Crippen LogP contribution in [0.5, 0.6) is 0 Å². The third-order valence-corrected chi connectivity index (χ3v) is 4.13. The van der Waals surface area contributed by atoms with E-state index in [1.165, 1.54) is 5.76 Å². The van der Waals surface area contributed by atoms with Crippen LogP contribution in [0.1, 0.15) is 52.1 Å². The predicted molar refractivity (Wildman–Crippen MR) is 71.2 cm³/mol. The van der Waals surface area contributed by atoms with E-state index in [4.69, 9.17) is 4.42 Å². The molecule has 2 rings (SSSR count). The zero-order chi connectivity index (χ0) is 12.6. The van der Waals surface area contributed by atoms with Gasteiger partial charge >= 0.3 is 0 Å². The molecule has 1 saturated carbocycles. The topological polar surface area (TPSA) is 25.2 Å². The van der Waals surface area contributed by atoms with E-state index in [0.717, 1.165) is 18.7 Å². The third-order valence-electron chi connectivity index (χ3n) is 4.13. The van der Waals surface area contributed by atoms with Gasteiger partial charge in [-0.25, -0.2) is 0 Å². The molecule has 2 heteroatoms. The van der Waals surface area contributed by atoms with Gasteiger partial charge in [0.15, 0.2) is 0 Å². The number of furan rings is 1. The Balaban J connectivity index is 2.02. The predicted octanol–water partition coefficient (Wildman–Crippen LogP) is 3.58. The van der Waals surface area contributed by atoms with Crippen molar-refractivity contribution in [2.24, 2.45) is 11.3 Å². The molecule has 2 atom stereocenters.